The molecule has 1 unspecified atom stereocenters. The monoisotopic (exact) mass is 278 g/mol. The number of carboxylic acids is 1. The summed E-state index contributed by atoms with van der Waals surface area (Å²) in [6.45, 7) is 2.11. The van der Waals surface area contributed by atoms with Crippen molar-refractivity contribution >= 4 is 17.6 Å². The van der Waals surface area contributed by atoms with Crippen molar-refractivity contribution in [1.82, 2.24) is 5.32 Å². The normalized spacial score (nSPS) is 18.5. The fraction of sp³-hybridized carbons (Fsp3) is 0.429. The molecule has 0 aromatic heterocycles. The highest BCUT2D eigenvalue weighted by atomic mass is 16.5. The summed E-state index contributed by atoms with van der Waals surface area (Å²) in [6, 6.07) is 6.86. The van der Waals surface area contributed by atoms with E-state index in [-0.39, 0.29) is 24.9 Å². The topological polar surface area (TPSA) is 87.7 Å². The highest BCUT2D eigenvalue weighted by molar-refractivity contribution is 5.91. The van der Waals surface area contributed by atoms with Gasteiger partial charge in [0.15, 0.2) is 0 Å². The molecule has 2 rings (SSSR count). The Kier molecular flexibility index (Phi) is 5.09. The summed E-state index contributed by atoms with van der Waals surface area (Å²) in [5, 5.41) is 14.7. The minimum absolute atomic E-state index is 0.0562. The number of carboxylic acid groups (broad SMARTS) is 1. The van der Waals surface area contributed by atoms with Crippen molar-refractivity contribution in [2.24, 2.45) is 0 Å². The molecule has 1 aliphatic heterocycles. The predicted octanol–water partition coefficient (Wildman–Crippen LogP) is 0.631. The van der Waals surface area contributed by atoms with Crippen molar-refractivity contribution in [2.75, 3.05) is 25.0 Å². The fourth-order valence-corrected chi connectivity index (χ4v) is 2.10. The van der Waals surface area contributed by atoms with Gasteiger partial charge in [0.05, 0.1) is 25.6 Å². The van der Waals surface area contributed by atoms with E-state index < -0.39 is 5.97 Å². The lowest BCUT2D eigenvalue weighted by Crippen LogP contribution is -2.40. The molecule has 1 aromatic carbocycles. The molecule has 1 amide bonds. The number of benzene rings is 1. The average molecular weight is 278 g/mol. The van der Waals surface area contributed by atoms with Gasteiger partial charge in [-0.2, -0.15) is 0 Å². The maximum absolute atomic E-state index is 11.9. The first kappa shape index (κ1) is 14.5. The standard InChI is InChI=1S/C14H18N2O4/c17-13(8-12-9-15-4-5-20-12)16-11-3-1-2-10(6-11)7-14(18)19/h1-3,6,12,15H,4-5,7-9H2,(H,16,17)(H,18,19). The van der Waals surface area contributed by atoms with E-state index >= 15 is 0 Å². The van der Waals surface area contributed by atoms with Gasteiger partial charge in [-0.15, -0.1) is 0 Å². The van der Waals surface area contributed by atoms with E-state index in [0.29, 0.717) is 24.4 Å². The second-order valence-electron chi connectivity index (χ2n) is 4.72. The van der Waals surface area contributed by atoms with Crippen molar-refractivity contribution in [3.05, 3.63) is 29.8 Å². The van der Waals surface area contributed by atoms with Crippen molar-refractivity contribution < 1.29 is 19.4 Å². The van der Waals surface area contributed by atoms with Crippen LogP contribution in [0.5, 0.6) is 0 Å². The second-order valence-corrected chi connectivity index (χ2v) is 4.72. The van der Waals surface area contributed by atoms with Crippen LogP contribution in [0.3, 0.4) is 0 Å². The molecule has 1 heterocycles. The van der Waals surface area contributed by atoms with Crippen molar-refractivity contribution in [2.45, 2.75) is 18.9 Å². The molecule has 1 atom stereocenters. The zero-order valence-electron chi connectivity index (χ0n) is 11.1. The molecule has 1 aromatic rings. The van der Waals surface area contributed by atoms with Gasteiger partial charge in [0.25, 0.3) is 0 Å². The minimum Gasteiger partial charge on any atom is -0.481 e. The lowest BCUT2D eigenvalue weighted by Gasteiger charge is -2.23. The van der Waals surface area contributed by atoms with E-state index in [1.54, 1.807) is 24.3 Å². The van der Waals surface area contributed by atoms with Crippen LogP contribution in [0.1, 0.15) is 12.0 Å². The van der Waals surface area contributed by atoms with E-state index in [0.717, 1.165) is 6.54 Å². The molecule has 0 aliphatic carbocycles. The highest BCUT2D eigenvalue weighted by Crippen LogP contribution is 2.12. The SMILES string of the molecule is O=C(O)Cc1cccc(NC(=O)CC2CNCCO2)c1. The number of carbonyl (C=O) groups is 2. The largest absolute Gasteiger partial charge is 0.481 e. The Morgan fingerprint density at radius 1 is 1.45 bits per heavy atom. The van der Waals surface area contributed by atoms with Gasteiger partial charge in [-0.1, -0.05) is 12.1 Å². The molecule has 6 heteroatoms. The van der Waals surface area contributed by atoms with E-state index in [4.69, 9.17) is 9.84 Å². The minimum atomic E-state index is -0.893. The van der Waals surface area contributed by atoms with Gasteiger partial charge in [-0.05, 0) is 17.7 Å². The Morgan fingerprint density at radius 2 is 2.30 bits per heavy atom. The zero-order valence-corrected chi connectivity index (χ0v) is 11.1. The van der Waals surface area contributed by atoms with Gasteiger partial charge in [-0.25, -0.2) is 0 Å². The molecule has 0 spiro atoms. The van der Waals surface area contributed by atoms with Crippen molar-refractivity contribution in [3.8, 4) is 0 Å². The summed E-state index contributed by atoms with van der Waals surface area (Å²) >= 11 is 0. The van der Waals surface area contributed by atoms with Gasteiger partial charge in [0.1, 0.15) is 0 Å². The molecular weight excluding hydrogens is 260 g/mol. The Hall–Kier alpha value is -1.92. The van der Waals surface area contributed by atoms with Crippen LogP contribution in [0.2, 0.25) is 0 Å². The molecule has 108 valence electrons. The van der Waals surface area contributed by atoms with Gasteiger partial charge in [0.2, 0.25) is 5.91 Å². The Balaban J connectivity index is 1.88. The number of hydrogen-bond acceptors (Lipinski definition) is 4. The second kappa shape index (κ2) is 7.02. The molecule has 1 saturated heterocycles. The lowest BCUT2D eigenvalue weighted by molar-refractivity contribution is -0.136. The van der Waals surface area contributed by atoms with E-state index in [1.807, 2.05) is 0 Å². The van der Waals surface area contributed by atoms with Crippen LogP contribution in [0, 0.1) is 0 Å². The number of rotatable bonds is 5. The number of amides is 1. The summed E-state index contributed by atoms with van der Waals surface area (Å²) in [5.74, 6) is -1.03. The van der Waals surface area contributed by atoms with Crippen LogP contribution in [-0.4, -0.2) is 42.8 Å². The highest BCUT2D eigenvalue weighted by Gasteiger charge is 2.17. The first-order valence-corrected chi connectivity index (χ1v) is 6.56. The van der Waals surface area contributed by atoms with Crippen LogP contribution in [0.15, 0.2) is 24.3 Å². The predicted molar refractivity (Wildman–Crippen MR) is 73.6 cm³/mol. The molecule has 0 radical (unpaired) electrons. The molecule has 3 N–H and O–H groups in total. The maximum atomic E-state index is 11.9. The Bertz CT molecular complexity index is 484. The first-order chi connectivity index (χ1) is 9.63. The molecule has 1 aliphatic rings. The molecule has 6 nitrogen and oxygen atoms in total. The van der Waals surface area contributed by atoms with Crippen molar-refractivity contribution in [1.29, 1.82) is 0 Å². The summed E-state index contributed by atoms with van der Waals surface area (Å²) in [5.41, 5.74) is 1.27. The Morgan fingerprint density at radius 3 is 3.00 bits per heavy atom. The average Bonchev–Trinajstić information content (AvgIpc) is 2.39. The summed E-state index contributed by atoms with van der Waals surface area (Å²) in [7, 11) is 0. The van der Waals surface area contributed by atoms with E-state index in [9.17, 15) is 9.59 Å². The number of carbonyl (C=O) groups excluding carboxylic acids is 1. The fourth-order valence-electron chi connectivity index (χ4n) is 2.10. The zero-order chi connectivity index (χ0) is 14.4. The molecule has 0 saturated carbocycles. The number of anilines is 1. The Labute approximate surface area is 117 Å². The molecule has 20 heavy (non-hydrogen) atoms. The maximum Gasteiger partial charge on any atom is 0.307 e. The van der Waals surface area contributed by atoms with Gasteiger partial charge >= 0.3 is 5.97 Å². The molecule has 1 fully saturated rings. The number of hydrogen-bond donors (Lipinski definition) is 3. The van der Waals surface area contributed by atoms with E-state index in [1.165, 1.54) is 0 Å². The van der Waals surface area contributed by atoms with Gasteiger partial charge in [-0.3, -0.25) is 9.59 Å². The van der Waals surface area contributed by atoms with E-state index in [2.05, 4.69) is 10.6 Å². The van der Waals surface area contributed by atoms with Gasteiger partial charge in [0, 0.05) is 18.8 Å². The quantitative estimate of drug-likeness (QED) is 0.735. The number of nitrogens with one attached hydrogen (secondary N) is 2. The van der Waals surface area contributed by atoms with Crippen LogP contribution in [-0.2, 0) is 20.7 Å². The third-order valence-corrected chi connectivity index (χ3v) is 2.98. The molecule has 0 bridgehead atoms. The van der Waals surface area contributed by atoms with Crippen LogP contribution >= 0.6 is 0 Å². The summed E-state index contributed by atoms with van der Waals surface area (Å²) < 4.78 is 5.46. The van der Waals surface area contributed by atoms with Crippen LogP contribution in [0.4, 0.5) is 5.69 Å². The van der Waals surface area contributed by atoms with Crippen LogP contribution in [0.25, 0.3) is 0 Å². The number of morpholine rings is 1. The number of aliphatic carboxylic acids is 1. The first-order valence-electron chi connectivity index (χ1n) is 6.56. The third kappa shape index (κ3) is 4.64. The van der Waals surface area contributed by atoms with Crippen molar-refractivity contribution in [3.63, 3.8) is 0 Å². The summed E-state index contributed by atoms with van der Waals surface area (Å²) in [6.07, 6.45) is 0.126. The third-order valence-electron chi connectivity index (χ3n) is 2.98. The summed E-state index contributed by atoms with van der Waals surface area (Å²) in [4.78, 5) is 22.5. The number of ether oxygens (including phenoxy) is 1. The smallest absolute Gasteiger partial charge is 0.307 e. The molecular formula is C14H18N2O4. The van der Waals surface area contributed by atoms with Gasteiger partial charge < -0.3 is 20.5 Å². The van der Waals surface area contributed by atoms with Crippen LogP contribution < -0.4 is 10.6 Å². The lowest BCUT2D eigenvalue weighted by atomic mass is 10.1.